The first-order chi connectivity index (χ1) is 7.16. The molecule has 0 aromatic heterocycles. The van der Waals surface area contributed by atoms with Crippen molar-refractivity contribution in [3.63, 3.8) is 0 Å². The predicted molar refractivity (Wildman–Crippen MR) is 64.4 cm³/mol. The summed E-state index contributed by atoms with van der Waals surface area (Å²) in [4.78, 5) is 0. The number of hydrogen-bond acceptors (Lipinski definition) is 0. The molecule has 2 bridgehead atoms. The second-order valence-electron chi connectivity index (χ2n) is 6.54. The summed E-state index contributed by atoms with van der Waals surface area (Å²) in [7, 11) is 0. The molecule has 2 fully saturated rings. The zero-order valence-electron chi connectivity index (χ0n) is 10.3. The van der Waals surface area contributed by atoms with E-state index in [1.165, 1.54) is 12.8 Å². The maximum absolute atomic E-state index is 2.54. The van der Waals surface area contributed by atoms with Gasteiger partial charge in [0.1, 0.15) is 0 Å². The van der Waals surface area contributed by atoms with Crippen molar-refractivity contribution in [2.45, 2.75) is 40.0 Å². The highest BCUT2D eigenvalue weighted by Gasteiger charge is 2.50. The molecule has 0 aliphatic heterocycles. The van der Waals surface area contributed by atoms with Gasteiger partial charge < -0.3 is 0 Å². The highest BCUT2D eigenvalue weighted by atomic mass is 14.6. The first-order valence-corrected chi connectivity index (χ1v) is 6.85. The normalized spacial score (nSPS) is 57.9. The molecule has 0 aromatic carbocycles. The summed E-state index contributed by atoms with van der Waals surface area (Å²) < 4.78 is 0. The van der Waals surface area contributed by atoms with Crippen molar-refractivity contribution in [1.82, 2.24) is 0 Å². The number of hydrogen-bond donors (Lipinski definition) is 0. The van der Waals surface area contributed by atoms with Gasteiger partial charge in [-0.05, 0) is 60.7 Å². The molecule has 84 valence electrons. The van der Waals surface area contributed by atoms with Crippen LogP contribution in [0.3, 0.4) is 0 Å². The van der Waals surface area contributed by atoms with E-state index in [2.05, 4.69) is 32.9 Å². The zero-order valence-corrected chi connectivity index (χ0v) is 10.3. The van der Waals surface area contributed by atoms with Gasteiger partial charge in [-0.1, -0.05) is 32.9 Å². The molecule has 0 N–H and O–H groups in total. The molecule has 7 unspecified atom stereocenters. The Hall–Kier alpha value is -0.260. The molecule has 0 amide bonds. The predicted octanol–water partition coefficient (Wildman–Crippen LogP) is 4.13. The molecule has 0 heterocycles. The summed E-state index contributed by atoms with van der Waals surface area (Å²) in [5.41, 5.74) is 0. The van der Waals surface area contributed by atoms with E-state index in [0.717, 1.165) is 41.4 Å². The quantitative estimate of drug-likeness (QED) is 0.563. The smallest absolute Gasteiger partial charge is 0.0197 e. The van der Waals surface area contributed by atoms with Crippen molar-refractivity contribution >= 4 is 0 Å². The van der Waals surface area contributed by atoms with E-state index in [9.17, 15) is 0 Å². The topological polar surface area (TPSA) is 0 Å². The van der Waals surface area contributed by atoms with E-state index in [-0.39, 0.29) is 0 Å². The summed E-state index contributed by atoms with van der Waals surface area (Å²) in [5, 5.41) is 0. The molecule has 2 saturated carbocycles. The number of fused-ring (bicyclic) bond motifs is 2. The average Bonchev–Trinajstić information content (AvgIpc) is 2.85. The molecule has 3 rings (SSSR count). The van der Waals surface area contributed by atoms with Gasteiger partial charge in [0.25, 0.3) is 0 Å². The van der Waals surface area contributed by atoms with Crippen LogP contribution in [0.25, 0.3) is 0 Å². The van der Waals surface area contributed by atoms with E-state index in [4.69, 9.17) is 0 Å². The van der Waals surface area contributed by atoms with Crippen LogP contribution in [-0.4, -0.2) is 0 Å². The maximum Gasteiger partial charge on any atom is -0.0197 e. The molecule has 0 aromatic rings. The van der Waals surface area contributed by atoms with Gasteiger partial charge in [-0.3, -0.25) is 0 Å². The van der Waals surface area contributed by atoms with Crippen LogP contribution in [0, 0.1) is 41.4 Å². The minimum absolute atomic E-state index is 0.849. The molecule has 0 radical (unpaired) electrons. The Bertz CT molecular complexity index is 276. The molecule has 0 spiro atoms. The fourth-order valence-electron chi connectivity index (χ4n) is 4.73. The van der Waals surface area contributed by atoms with Crippen LogP contribution in [0.4, 0.5) is 0 Å². The standard InChI is InChI=1S/C15H24/c1-9-4-5-12(6-9)15-8-13-7-14(15)11(3)10(13)2/h4-5,9-15H,6-8H2,1-3H3. The first kappa shape index (κ1) is 9.93. The fraction of sp³-hybridized carbons (Fsp3) is 0.867. The van der Waals surface area contributed by atoms with Crippen LogP contribution >= 0.6 is 0 Å². The van der Waals surface area contributed by atoms with Crippen molar-refractivity contribution < 1.29 is 0 Å². The molecular weight excluding hydrogens is 180 g/mol. The highest BCUT2D eigenvalue weighted by molar-refractivity contribution is 5.08. The second kappa shape index (κ2) is 3.37. The average molecular weight is 204 g/mol. The van der Waals surface area contributed by atoms with Gasteiger partial charge in [-0.15, -0.1) is 0 Å². The van der Waals surface area contributed by atoms with Gasteiger partial charge >= 0.3 is 0 Å². The summed E-state index contributed by atoms with van der Waals surface area (Å²) in [6.45, 7) is 7.36. The Morgan fingerprint density at radius 2 is 1.53 bits per heavy atom. The lowest BCUT2D eigenvalue weighted by atomic mass is 9.70. The largest absolute Gasteiger partial charge is 0.0854 e. The Kier molecular flexibility index (Phi) is 2.23. The van der Waals surface area contributed by atoms with Gasteiger partial charge in [0.2, 0.25) is 0 Å². The third-order valence-electron chi connectivity index (χ3n) is 5.83. The van der Waals surface area contributed by atoms with Crippen molar-refractivity contribution in [2.24, 2.45) is 41.4 Å². The van der Waals surface area contributed by atoms with Crippen LogP contribution in [0.15, 0.2) is 12.2 Å². The fourth-order valence-corrected chi connectivity index (χ4v) is 4.73. The molecular formula is C15H24. The summed E-state index contributed by atoms with van der Waals surface area (Å²) in [6.07, 6.45) is 9.51. The monoisotopic (exact) mass is 204 g/mol. The Labute approximate surface area is 94.1 Å². The molecule has 3 aliphatic carbocycles. The van der Waals surface area contributed by atoms with Crippen LogP contribution < -0.4 is 0 Å². The van der Waals surface area contributed by atoms with Gasteiger partial charge in [-0.25, -0.2) is 0 Å². The third kappa shape index (κ3) is 1.40. The second-order valence-corrected chi connectivity index (χ2v) is 6.54. The Balaban J connectivity index is 1.73. The lowest BCUT2D eigenvalue weighted by molar-refractivity contribution is 0.152. The van der Waals surface area contributed by atoms with Gasteiger partial charge in [0.05, 0.1) is 0 Å². The summed E-state index contributed by atoms with van der Waals surface area (Å²) in [6, 6.07) is 0. The van der Waals surface area contributed by atoms with Crippen molar-refractivity contribution in [2.75, 3.05) is 0 Å². The maximum atomic E-state index is 2.54. The van der Waals surface area contributed by atoms with E-state index in [1.807, 2.05) is 0 Å². The van der Waals surface area contributed by atoms with Crippen LogP contribution in [0.5, 0.6) is 0 Å². The van der Waals surface area contributed by atoms with E-state index in [0.29, 0.717) is 0 Å². The van der Waals surface area contributed by atoms with Crippen molar-refractivity contribution in [3.05, 3.63) is 12.2 Å². The molecule has 15 heavy (non-hydrogen) atoms. The van der Waals surface area contributed by atoms with E-state index < -0.39 is 0 Å². The minimum atomic E-state index is 0.849. The Morgan fingerprint density at radius 1 is 0.800 bits per heavy atom. The number of allylic oxidation sites excluding steroid dienone is 2. The van der Waals surface area contributed by atoms with E-state index >= 15 is 0 Å². The minimum Gasteiger partial charge on any atom is -0.0854 e. The van der Waals surface area contributed by atoms with Crippen LogP contribution in [-0.2, 0) is 0 Å². The highest BCUT2D eigenvalue weighted by Crippen LogP contribution is 2.58. The molecule has 0 heteroatoms. The number of rotatable bonds is 1. The third-order valence-corrected chi connectivity index (χ3v) is 5.83. The Morgan fingerprint density at radius 3 is 2.07 bits per heavy atom. The zero-order chi connectivity index (χ0) is 10.6. The molecule has 0 saturated heterocycles. The van der Waals surface area contributed by atoms with Crippen molar-refractivity contribution in [3.8, 4) is 0 Å². The van der Waals surface area contributed by atoms with Crippen molar-refractivity contribution in [1.29, 1.82) is 0 Å². The van der Waals surface area contributed by atoms with E-state index in [1.54, 1.807) is 6.42 Å². The summed E-state index contributed by atoms with van der Waals surface area (Å²) >= 11 is 0. The summed E-state index contributed by atoms with van der Waals surface area (Å²) in [5.74, 6) is 6.96. The molecule has 3 aliphatic rings. The van der Waals surface area contributed by atoms with Crippen LogP contribution in [0.1, 0.15) is 40.0 Å². The molecule has 7 atom stereocenters. The van der Waals surface area contributed by atoms with Gasteiger partial charge in [0, 0.05) is 0 Å². The first-order valence-electron chi connectivity index (χ1n) is 6.85. The van der Waals surface area contributed by atoms with Gasteiger partial charge in [-0.2, -0.15) is 0 Å². The SMILES string of the molecule is CC1C=CC(C2CC3CC2C(C)C3C)C1. The molecule has 0 nitrogen and oxygen atoms in total. The van der Waals surface area contributed by atoms with Crippen LogP contribution in [0.2, 0.25) is 0 Å². The lowest BCUT2D eigenvalue weighted by Gasteiger charge is -2.35. The van der Waals surface area contributed by atoms with Gasteiger partial charge in [0.15, 0.2) is 0 Å². The lowest BCUT2D eigenvalue weighted by Crippen LogP contribution is -2.28.